The van der Waals surface area contributed by atoms with Crippen molar-refractivity contribution in [3.63, 3.8) is 0 Å². The number of hydrogen-bond acceptors (Lipinski definition) is 4. The number of benzene rings is 2. The number of sulfonamides is 1. The monoisotopic (exact) mass is 402 g/mol. The van der Waals surface area contributed by atoms with Gasteiger partial charge in [-0.2, -0.15) is 0 Å². The Balaban J connectivity index is 2.11. The van der Waals surface area contributed by atoms with Crippen LogP contribution in [0.4, 0.5) is 13.2 Å². The van der Waals surface area contributed by atoms with Crippen LogP contribution in [0.1, 0.15) is 15.9 Å². The van der Waals surface area contributed by atoms with E-state index in [1.54, 1.807) is 18.2 Å². The van der Waals surface area contributed by atoms with Crippen LogP contribution in [0, 0.1) is 0 Å². The van der Waals surface area contributed by atoms with Crippen molar-refractivity contribution in [1.29, 1.82) is 0 Å². The van der Waals surface area contributed by atoms with Crippen LogP contribution in [0.15, 0.2) is 53.4 Å². The van der Waals surface area contributed by atoms with Gasteiger partial charge in [0.15, 0.2) is 0 Å². The molecule has 0 radical (unpaired) electrons. The number of carbonyl (C=O) groups excluding carboxylic acids is 1. The van der Waals surface area contributed by atoms with Gasteiger partial charge in [-0.05, 0) is 35.9 Å². The van der Waals surface area contributed by atoms with Crippen LogP contribution < -0.4 is 10.1 Å². The van der Waals surface area contributed by atoms with Crippen LogP contribution in [0.3, 0.4) is 0 Å². The van der Waals surface area contributed by atoms with E-state index in [1.807, 2.05) is 0 Å². The first kappa shape index (κ1) is 20.7. The Morgan fingerprint density at radius 3 is 2.22 bits per heavy atom. The highest BCUT2D eigenvalue weighted by Gasteiger charge is 2.31. The van der Waals surface area contributed by atoms with Crippen LogP contribution >= 0.6 is 0 Å². The Kier molecular flexibility index (Phi) is 6.11. The molecular formula is C17H17F3N2O4S. The average Bonchev–Trinajstić information content (AvgIpc) is 2.59. The Morgan fingerprint density at radius 2 is 1.67 bits per heavy atom. The first-order chi connectivity index (χ1) is 12.5. The number of rotatable bonds is 6. The summed E-state index contributed by atoms with van der Waals surface area (Å²) in [5.41, 5.74) is 0.494. The van der Waals surface area contributed by atoms with Gasteiger partial charge in [-0.15, -0.1) is 13.2 Å². The molecule has 10 heteroatoms. The molecule has 146 valence electrons. The van der Waals surface area contributed by atoms with E-state index in [-0.39, 0.29) is 17.0 Å². The van der Waals surface area contributed by atoms with E-state index in [1.165, 1.54) is 32.3 Å². The molecule has 2 rings (SSSR count). The van der Waals surface area contributed by atoms with Crippen LogP contribution in [0.25, 0.3) is 0 Å². The molecule has 0 saturated heterocycles. The molecule has 0 unspecified atom stereocenters. The molecule has 0 spiro atoms. The fourth-order valence-electron chi connectivity index (χ4n) is 2.18. The minimum atomic E-state index is -4.81. The molecule has 6 nitrogen and oxygen atoms in total. The molecule has 0 atom stereocenters. The van der Waals surface area contributed by atoms with Gasteiger partial charge in [0.2, 0.25) is 10.0 Å². The van der Waals surface area contributed by atoms with E-state index in [0.29, 0.717) is 5.56 Å². The number of nitrogens with zero attached hydrogens (tertiary/aromatic N) is 1. The van der Waals surface area contributed by atoms with E-state index in [2.05, 4.69) is 10.1 Å². The van der Waals surface area contributed by atoms with Crippen molar-refractivity contribution in [3.05, 3.63) is 59.7 Å². The zero-order valence-electron chi connectivity index (χ0n) is 14.4. The van der Waals surface area contributed by atoms with E-state index >= 15 is 0 Å². The molecule has 0 fully saturated rings. The lowest BCUT2D eigenvalue weighted by atomic mass is 10.2. The van der Waals surface area contributed by atoms with Gasteiger partial charge < -0.3 is 10.1 Å². The van der Waals surface area contributed by atoms with Gasteiger partial charge in [-0.1, -0.05) is 18.2 Å². The third-order valence-electron chi connectivity index (χ3n) is 3.52. The van der Waals surface area contributed by atoms with Gasteiger partial charge in [0.1, 0.15) is 5.75 Å². The SMILES string of the molecule is CN(C)S(=O)(=O)c1ccccc1CNC(=O)c1ccc(OC(F)(F)F)cc1. The Labute approximate surface area is 154 Å². The predicted molar refractivity (Wildman–Crippen MR) is 91.6 cm³/mol. The van der Waals surface area contributed by atoms with Crippen molar-refractivity contribution >= 4 is 15.9 Å². The van der Waals surface area contributed by atoms with E-state index in [9.17, 15) is 26.4 Å². The van der Waals surface area contributed by atoms with Crippen molar-refractivity contribution < 1.29 is 31.1 Å². The molecule has 1 amide bonds. The maximum absolute atomic E-state index is 12.3. The second kappa shape index (κ2) is 7.97. The summed E-state index contributed by atoms with van der Waals surface area (Å²) in [5.74, 6) is -1.01. The molecule has 0 aliphatic rings. The standard InChI is InChI=1S/C17H17F3N2O4S/c1-22(2)27(24,25)15-6-4-3-5-13(15)11-21-16(23)12-7-9-14(10-8-12)26-17(18,19)20/h3-10H,11H2,1-2H3,(H,21,23). The summed E-state index contributed by atoms with van der Waals surface area (Å²) in [6.45, 7) is -0.0666. The van der Waals surface area contributed by atoms with Gasteiger partial charge >= 0.3 is 6.36 Å². The largest absolute Gasteiger partial charge is 0.573 e. The molecule has 0 aliphatic heterocycles. The quantitative estimate of drug-likeness (QED) is 0.806. The summed E-state index contributed by atoms with van der Waals surface area (Å²) in [7, 11) is -0.888. The summed E-state index contributed by atoms with van der Waals surface area (Å²) >= 11 is 0. The molecule has 0 heterocycles. The lowest BCUT2D eigenvalue weighted by Gasteiger charge is -2.15. The summed E-state index contributed by atoms with van der Waals surface area (Å²) in [5, 5.41) is 2.55. The molecule has 0 aromatic heterocycles. The van der Waals surface area contributed by atoms with E-state index in [4.69, 9.17) is 0 Å². The maximum atomic E-state index is 12.3. The van der Waals surface area contributed by atoms with Crippen LogP contribution in [-0.4, -0.2) is 39.1 Å². The zero-order chi connectivity index (χ0) is 20.2. The van der Waals surface area contributed by atoms with Crippen molar-refractivity contribution in [2.24, 2.45) is 0 Å². The predicted octanol–water partition coefficient (Wildman–Crippen LogP) is 2.77. The first-order valence-electron chi connectivity index (χ1n) is 7.65. The van der Waals surface area contributed by atoms with E-state index < -0.39 is 28.0 Å². The summed E-state index contributed by atoms with van der Waals surface area (Å²) < 4.78 is 65.9. The molecule has 2 aromatic carbocycles. The highest BCUT2D eigenvalue weighted by molar-refractivity contribution is 7.89. The van der Waals surface area contributed by atoms with Crippen molar-refractivity contribution in [3.8, 4) is 5.75 Å². The molecule has 0 bridgehead atoms. The third-order valence-corrected chi connectivity index (χ3v) is 5.44. The molecule has 1 N–H and O–H groups in total. The fourth-order valence-corrected chi connectivity index (χ4v) is 3.30. The smallest absolute Gasteiger partial charge is 0.406 e. The second-order valence-corrected chi connectivity index (χ2v) is 7.77. The van der Waals surface area contributed by atoms with Gasteiger partial charge in [0.25, 0.3) is 5.91 Å². The van der Waals surface area contributed by atoms with Crippen molar-refractivity contribution in [2.75, 3.05) is 14.1 Å². The van der Waals surface area contributed by atoms with Crippen molar-refractivity contribution in [2.45, 2.75) is 17.8 Å². The van der Waals surface area contributed by atoms with Gasteiger partial charge in [0, 0.05) is 26.2 Å². The number of alkyl halides is 3. The van der Waals surface area contributed by atoms with Gasteiger partial charge in [-0.25, -0.2) is 12.7 Å². The average molecular weight is 402 g/mol. The Morgan fingerprint density at radius 1 is 1.07 bits per heavy atom. The number of hydrogen-bond donors (Lipinski definition) is 1. The van der Waals surface area contributed by atoms with Crippen LogP contribution in [0.5, 0.6) is 5.75 Å². The van der Waals surface area contributed by atoms with Crippen LogP contribution in [0.2, 0.25) is 0 Å². The topological polar surface area (TPSA) is 75.7 Å². The summed E-state index contributed by atoms with van der Waals surface area (Å²) in [4.78, 5) is 12.2. The van der Waals surface area contributed by atoms with Crippen LogP contribution in [-0.2, 0) is 16.6 Å². The second-order valence-electron chi connectivity index (χ2n) is 5.65. The zero-order valence-corrected chi connectivity index (χ0v) is 15.3. The number of ether oxygens (including phenoxy) is 1. The molecule has 0 saturated carbocycles. The molecule has 0 aliphatic carbocycles. The molecule has 27 heavy (non-hydrogen) atoms. The third kappa shape index (κ3) is 5.44. The fraction of sp³-hybridized carbons (Fsp3) is 0.235. The minimum absolute atomic E-state index is 0.0595. The lowest BCUT2D eigenvalue weighted by Crippen LogP contribution is -2.27. The maximum Gasteiger partial charge on any atom is 0.573 e. The van der Waals surface area contributed by atoms with Gasteiger partial charge in [-0.3, -0.25) is 4.79 Å². The minimum Gasteiger partial charge on any atom is -0.406 e. The summed E-state index contributed by atoms with van der Waals surface area (Å²) in [6.07, 6.45) is -4.81. The summed E-state index contributed by atoms with van der Waals surface area (Å²) in [6, 6.07) is 10.6. The Hall–Kier alpha value is -2.59. The van der Waals surface area contributed by atoms with Crippen molar-refractivity contribution in [1.82, 2.24) is 9.62 Å². The number of nitrogens with one attached hydrogen (secondary N) is 1. The normalized spacial score (nSPS) is 12.1. The highest BCUT2D eigenvalue weighted by Crippen LogP contribution is 2.23. The van der Waals surface area contributed by atoms with Gasteiger partial charge in [0.05, 0.1) is 4.90 Å². The lowest BCUT2D eigenvalue weighted by molar-refractivity contribution is -0.274. The van der Waals surface area contributed by atoms with E-state index in [0.717, 1.165) is 16.4 Å². The molecular weight excluding hydrogens is 385 g/mol. The first-order valence-corrected chi connectivity index (χ1v) is 9.09. The Bertz CT molecular complexity index is 911. The number of halogens is 3. The number of amides is 1. The molecule has 2 aromatic rings. The number of carbonyl (C=O) groups is 1. The highest BCUT2D eigenvalue weighted by atomic mass is 32.2.